The molecule has 11 heteroatoms. The van der Waals surface area contributed by atoms with Crippen LogP contribution in [0.3, 0.4) is 0 Å². The second-order valence-corrected chi connectivity index (χ2v) is 11.4. The van der Waals surface area contributed by atoms with Crippen molar-refractivity contribution in [3.05, 3.63) is 82.9 Å². The van der Waals surface area contributed by atoms with Gasteiger partial charge in [0.05, 0.1) is 22.5 Å². The molecule has 33 heavy (non-hydrogen) atoms. The predicted octanol–water partition coefficient (Wildman–Crippen LogP) is 4.10. The van der Waals surface area contributed by atoms with E-state index in [0.717, 1.165) is 16.1 Å². The molecule has 2 N–H and O–H groups in total. The maximum Gasteiger partial charge on any atom is 0.261 e. The van der Waals surface area contributed by atoms with E-state index in [2.05, 4.69) is 10.0 Å². The molecule has 0 saturated carbocycles. The number of hydrogen-bond acceptors (Lipinski definition) is 5. The monoisotopic (exact) mass is 507 g/mol. The van der Waals surface area contributed by atoms with E-state index < -0.39 is 26.0 Å². The van der Waals surface area contributed by atoms with Crippen LogP contribution >= 0.6 is 11.6 Å². The fraction of sp³-hybridized carbons (Fsp3) is 0.136. The van der Waals surface area contributed by atoms with Crippen LogP contribution in [0.15, 0.2) is 71.6 Å². The zero-order valence-corrected chi connectivity index (χ0v) is 20.4. The molecule has 0 aliphatic carbocycles. The van der Waals surface area contributed by atoms with Gasteiger partial charge in [-0.3, -0.25) is 13.8 Å². The Morgan fingerprint density at radius 1 is 0.879 bits per heavy atom. The van der Waals surface area contributed by atoms with Crippen LogP contribution in [0.4, 0.5) is 17.1 Å². The van der Waals surface area contributed by atoms with Gasteiger partial charge in [-0.15, -0.1) is 0 Å². The Hall–Kier alpha value is -3.08. The van der Waals surface area contributed by atoms with Crippen molar-refractivity contribution in [1.29, 1.82) is 0 Å². The van der Waals surface area contributed by atoms with E-state index in [1.807, 2.05) is 6.92 Å². The highest BCUT2D eigenvalue weighted by Crippen LogP contribution is 2.23. The summed E-state index contributed by atoms with van der Waals surface area (Å²) in [5.41, 5.74) is 2.31. The third-order valence-electron chi connectivity index (χ3n) is 4.84. The van der Waals surface area contributed by atoms with E-state index in [0.29, 0.717) is 27.6 Å². The molecule has 0 saturated heterocycles. The van der Waals surface area contributed by atoms with Crippen molar-refractivity contribution in [2.45, 2.75) is 11.8 Å². The summed E-state index contributed by atoms with van der Waals surface area (Å²) in [6.07, 6.45) is 1.09. The van der Waals surface area contributed by atoms with Crippen LogP contribution in [-0.4, -0.2) is 36.0 Å². The number of carbonyl (C=O) groups excluding carboxylic acids is 1. The normalized spacial score (nSPS) is 11.6. The molecule has 3 aromatic carbocycles. The van der Waals surface area contributed by atoms with E-state index in [-0.39, 0.29) is 4.90 Å². The van der Waals surface area contributed by atoms with Gasteiger partial charge in [0, 0.05) is 23.3 Å². The molecular weight excluding hydrogens is 486 g/mol. The number of nitrogens with one attached hydrogen (secondary N) is 2. The summed E-state index contributed by atoms with van der Waals surface area (Å²) in [7, 11) is -5.83. The largest absolute Gasteiger partial charge is 0.322 e. The Labute approximate surface area is 198 Å². The number of sulfonamides is 2. The molecule has 0 aliphatic rings. The second kappa shape index (κ2) is 9.42. The van der Waals surface area contributed by atoms with Crippen molar-refractivity contribution in [1.82, 2.24) is 0 Å². The smallest absolute Gasteiger partial charge is 0.261 e. The molecule has 0 aliphatic heterocycles. The summed E-state index contributed by atoms with van der Waals surface area (Å²) in [6, 6.07) is 16.6. The van der Waals surface area contributed by atoms with Crippen LogP contribution in [0.5, 0.6) is 0 Å². The van der Waals surface area contributed by atoms with Gasteiger partial charge >= 0.3 is 0 Å². The van der Waals surface area contributed by atoms with Gasteiger partial charge in [0.25, 0.3) is 15.9 Å². The molecule has 0 spiro atoms. The Balaban J connectivity index is 1.69. The Bertz CT molecular complexity index is 1390. The molecule has 0 unspecified atom stereocenters. The van der Waals surface area contributed by atoms with Crippen molar-refractivity contribution < 1.29 is 21.6 Å². The van der Waals surface area contributed by atoms with Gasteiger partial charge in [0.2, 0.25) is 10.0 Å². The topological polar surface area (TPSA) is 113 Å². The Morgan fingerprint density at radius 3 is 2.00 bits per heavy atom. The number of nitrogens with zero attached hydrogens (tertiary/aromatic N) is 1. The fourth-order valence-corrected chi connectivity index (χ4v) is 4.54. The SMILES string of the molecule is Cc1ccc(NS(=O)(=O)c2ccc(NC(=O)c3ccc(N(C)S(C)(=O)=O)cc3)cc2)cc1Cl. The molecular formula is C22H22ClN3O5S2. The molecule has 0 atom stereocenters. The van der Waals surface area contributed by atoms with Gasteiger partial charge in [0.15, 0.2) is 0 Å². The zero-order valence-electron chi connectivity index (χ0n) is 18.0. The molecule has 0 fully saturated rings. The number of amides is 1. The number of halogens is 1. The summed E-state index contributed by atoms with van der Waals surface area (Å²) < 4.78 is 52.0. The first kappa shape index (κ1) is 24.6. The molecule has 3 aromatic rings. The molecule has 0 bridgehead atoms. The number of anilines is 3. The van der Waals surface area contributed by atoms with Crippen LogP contribution in [-0.2, 0) is 20.0 Å². The first-order chi connectivity index (χ1) is 15.4. The maximum atomic E-state index is 12.6. The number of benzene rings is 3. The molecule has 3 rings (SSSR count). The molecule has 0 radical (unpaired) electrons. The predicted molar refractivity (Wildman–Crippen MR) is 131 cm³/mol. The van der Waals surface area contributed by atoms with Gasteiger partial charge < -0.3 is 5.32 Å². The number of hydrogen-bond donors (Lipinski definition) is 2. The second-order valence-electron chi connectivity index (χ2n) is 7.33. The van der Waals surface area contributed by atoms with Crippen molar-refractivity contribution in [3.8, 4) is 0 Å². The lowest BCUT2D eigenvalue weighted by Crippen LogP contribution is -2.24. The van der Waals surface area contributed by atoms with Crippen LogP contribution in [0.2, 0.25) is 5.02 Å². The highest BCUT2D eigenvalue weighted by molar-refractivity contribution is 7.92. The van der Waals surface area contributed by atoms with Crippen molar-refractivity contribution in [3.63, 3.8) is 0 Å². The average molecular weight is 508 g/mol. The molecule has 1 amide bonds. The van der Waals surface area contributed by atoms with Crippen LogP contribution in [0, 0.1) is 6.92 Å². The minimum absolute atomic E-state index is 0.0189. The number of aryl methyl sites for hydroxylation is 1. The molecule has 0 heterocycles. The lowest BCUT2D eigenvalue weighted by molar-refractivity contribution is 0.102. The Kier molecular flexibility index (Phi) is 7.01. The summed E-state index contributed by atoms with van der Waals surface area (Å²) in [4.78, 5) is 12.5. The summed E-state index contributed by atoms with van der Waals surface area (Å²) in [5, 5.41) is 3.12. The van der Waals surface area contributed by atoms with Gasteiger partial charge in [-0.1, -0.05) is 17.7 Å². The van der Waals surface area contributed by atoms with Crippen molar-refractivity contribution in [2.24, 2.45) is 0 Å². The molecule has 174 valence electrons. The highest BCUT2D eigenvalue weighted by atomic mass is 35.5. The number of carbonyl (C=O) groups is 1. The summed E-state index contributed by atoms with van der Waals surface area (Å²) >= 11 is 6.05. The standard InChI is InChI=1S/C22H22ClN3O5S2/c1-15-4-7-18(14-21(15)23)25-33(30,31)20-12-8-17(9-13-20)24-22(27)16-5-10-19(11-6-16)26(2)32(3,28)29/h4-14,25H,1-3H3,(H,24,27). The van der Waals surface area contributed by atoms with Crippen LogP contribution < -0.4 is 14.3 Å². The highest BCUT2D eigenvalue weighted by Gasteiger charge is 2.16. The molecule has 0 aromatic heterocycles. The lowest BCUT2D eigenvalue weighted by atomic mass is 10.2. The van der Waals surface area contributed by atoms with E-state index in [4.69, 9.17) is 11.6 Å². The quantitative estimate of drug-likeness (QED) is 0.500. The minimum atomic E-state index is -3.84. The fourth-order valence-electron chi connectivity index (χ4n) is 2.81. The molecule has 8 nitrogen and oxygen atoms in total. The van der Waals surface area contributed by atoms with Crippen molar-refractivity contribution >= 4 is 54.6 Å². The summed E-state index contributed by atoms with van der Waals surface area (Å²) in [5.74, 6) is -0.424. The van der Waals surface area contributed by atoms with Gasteiger partial charge in [0.1, 0.15) is 0 Å². The lowest BCUT2D eigenvalue weighted by Gasteiger charge is -2.16. The van der Waals surface area contributed by atoms with E-state index >= 15 is 0 Å². The van der Waals surface area contributed by atoms with E-state index in [1.54, 1.807) is 12.1 Å². The van der Waals surface area contributed by atoms with Gasteiger partial charge in [-0.2, -0.15) is 0 Å². The zero-order chi connectivity index (χ0) is 24.4. The van der Waals surface area contributed by atoms with E-state index in [1.165, 1.54) is 61.6 Å². The summed E-state index contributed by atoms with van der Waals surface area (Å²) in [6.45, 7) is 1.82. The average Bonchev–Trinajstić information content (AvgIpc) is 2.75. The Morgan fingerprint density at radius 2 is 1.45 bits per heavy atom. The van der Waals surface area contributed by atoms with Crippen LogP contribution in [0.25, 0.3) is 0 Å². The first-order valence-corrected chi connectivity index (χ1v) is 13.3. The number of rotatable bonds is 7. The third kappa shape index (κ3) is 6.04. The minimum Gasteiger partial charge on any atom is -0.322 e. The van der Waals surface area contributed by atoms with Gasteiger partial charge in [-0.25, -0.2) is 16.8 Å². The first-order valence-electron chi connectivity index (χ1n) is 9.61. The van der Waals surface area contributed by atoms with E-state index in [9.17, 15) is 21.6 Å². The van der Waals surface area contributed by atoms with Crippen molar-refractivity contribution in [2.75, 3.05) is 27.6 Å². The van der Waals surface area contributed by atoms with Gasteiger partial charge in [-0.05, 0) is 73.2 Å². The van der Waals surface area contributed by atoms with Crippen LogP contribution in [0.1, 0.15) is 15.9 Å². The maximum absolute atomic E-state index is 12.6. The third-order valence-corrected chi connectivity index (χ3v) is 7.85.